The van der Waals surface area contributed by atoms with Crippen LogP contribution in [0.15, 0.2) is 60.7 Å². The van der Waals surface area contributed by atoms with Gasteiger partial charge in [0.15, 0.2) is 0 Å². The number of halogens is 2. The number of aromatic nitrogens is 3. The van der Waals surface area contributed by atoms with Crippen molar-refractivity contribution >= 4 is 28.3 Å². The number of ether oxygens (including phenoxy) is 2. The summed E-state index contributed by atoms with van der Waals surface area (Å²) in [5.74, 6) is -1.52. The van der Waals surface area contributed by atoms with Crippen molar-refractivity contribution < 1.29 is 28.2 Å². The van der Waals surface area contributed by atoms with Gasteiger partial charge in [0, 0.05) is 41.5 Å². The summed E-state index contributed by atoms with van der Waals surface area (Å²) in [6.07, 6.45) is 0.000637. The smallest absolute Gasteiger partial charge is 0.335 e. The molecule has 1 N–H and O–H groups in total. The molecule has 0 atom stereocenters. The molecule has 3 heterocycles. The lowest BCUT2D eigenvalue weighted by atomic mass is 10.0. The number of thiophene rings is 1. The van der Waals surface area contributed by atoms with E-state index >= 15 is 8.78 Å². The van der Waals surface area contributed by atoms with E-state index in [9.17, 15) is 9.90 Å². The van der Waals surface area contributed by atoms with Crippen LogP contribution in [-0.4, -0.2) is 39.3 Å². The van der Waals surface area contributed by atoms with Crippen LogP contribution < -0.4 is 4.74 Å². The van der Waals surface area contributed by atoms with Crippen LogP contribution in [0.2, 0.25) is 0 Å². The molecule has 0 fully saturated rings. The van der Waals surface area contributed by atoms with Crippen LogP contribution in [0.1, 0.15) is 31.5 Å². The summed E-state index contributed by atoms with van der Waals surface area (Å²) in [6.45, 7) is 3.05. The van der Waals surface area contributed by atoms with E-state index in [1.165, 1.54) is 17.0 Å². The molecule has 7 nitrogen and oxygen atoms in total. The summed E-state index contributed by atoms with van der Waals surface area (Å²) in [5.41, 5.74) is 1.64. The van der Waals surface area contributed by atoms with Crippen LogP contribution >= 0.6 is 11.3 Å². The van der Waals surface area contributed by atoms with Crippen LogP contribution in [0, 0.1) is 18.6 Å². The maximum atomic E-state index is 15.3. The third kappa shape index (κ3) is 5.81. The first-order valence-electron chi connectivity index (χ1n) is 12.2. The number of fused-ring (bicyclic) bond motifs is 1. The Labute approximate surface area is 227 Å². The van der Waals surface area contributed by atoms with Gasteiger partial charge in [-0.1, -0.05) is 6.07 Å². The second-order valence-electron chi connectivity index (χ2n) is 8.94. The van der Waals surface area contributed by atoms with Gasteiger partial charge in [-0.25, -0.2) is 23.5 Å². The zero-order chi connectivity index (χ0) is 27.5. The second-order valence-corrected chi connectivity index (χ2v) is 10.3. The largest absolute Gasteiger partial charge is 0.478 e. The lowest BCUT2D eigenvalue weighted by Crippen LogP contribution is -2.10. The number of carboxylic acids is 1. The first-order valence-corrected chi connectivity index (χ1v) is 13.0. The van der Waals surface area contributed by atoms with E-state index in [-0.39, 0.29) is 28.8 Å². The van der Waals surface area contributed by atoms with Crippen LogP contribution in [-0.2, 0) is 24.3 Å². The number of methoxy groups -OCH3 is 1. The SMILES string of the molecule is COCCn1c(Cc2cc(F)c(-c3cccc(OCc4ccc(C)s4)n3)cc2F)nc2ccc(C(=O)O)cc21. The van der Waals surface area contributed by atoms with Gasteiger partial charge in [0.1, 0.15) is 24.1 Å². The van der Waals surface area contributed by atoms with Crippen LogP contribution in [0.4, 0.5) is 8.78 Å². The number of pyridine rings is 1. The zero-order valence-corrected chi connectivity index (χ0v) is 22.1. The van der Waals surface area contributed by atoms with Crippen LogP contribution in [0.3, 0.4) is 0 Å². The number of carbonyl (C=O) groups is 1. The van der Waals surface area contributed by atoms with Gasteiger partial charge in [0.25, 0.3) is 0 Å². The van der Waals surface area contributed by atoms with Gasteiger partial charge in [0.2, 0.25) is 5.88 Å². The van der Waals surface area contributed by atoms with Crippen molar-refractivity contribution in [3.63, 3.8) is 0 Å². The van der Waals surface area contributed by atoms with Crippen molar-refractivity contribution in [3.05, 3.63) is 99.0 Å². The van der Waals surface area contributed by atoms with Gasteiger partial charge in [-0.05, 0) is 61.0 Å². The lowest BCUT2D eigenvalue weighted by Gasteiger charge is -2.12. The number of nitrogens with zero attached hydrogens (tertiary/aromatic N) is 3. The Bertz CT molecular complexity index is 1660. The lowest BCUT2D eigenvalue weighted by molar-refractivity contribution is 0.0697. The Morgan fingerprint density at radius 2 is 1.90 bits per heavy atom. The fourth-order valence-electron chi connectivity index (χ4n) is 4.32. The number of imidazole rings is 1. The molecule has 0 bridgehead atoms. The second kappa shape index (κ2) is 11.3. The van der Waals surface area contributed by atoms with E-state index < -0.39 is 17.6 Å². The van der Waals surface area contributed by atoms with E-state index in [1.54, 1.807) is 47.3 Å². The molecule has 5 aromatic rings. The van der Waals surface area contributed by atoms with Gasteiger partial charge in [-0.3, -0.25) is 0 Å². The molecule has 39 heavy (non-hydrogen) atoms. The van der Waals surface area contributed by atoms with Crippen molar-refractivity contribution in [2.45, 2.75) is 26.5 Å². The standard InChI is InChI=1S/C29H25F2N3O4S/c1-17-6-8-20(39-17)16-38-28-5-3-4-24(33-28)21-15-22(30)19(12-23(21)31)14-27-32-25-9-7-18(29(35)36)13-26(25)34(27)10-11-37-2/h3-9,12-13,15H,10-11,14,16H2,1-2H3,(H,35,36). The number of aryl methyl sites for hydroxylation is 1. The predicted octanol–water partition coefficient (Wildman–Crippen LogP) is 6.26. The van der Waals surface area contributed by atoms with Crippen LogP contribution in [0.25, 0.3) is 22.3 Å². The highest BCUT2D eigenvalue weighted by atomic mass is 32.1. The number of hydrogen-bond donors (Lipinski definition) is 1. The Morgan fingerprint density at radius 3 is 2.64 bits per heavy atom. The van der Waals surface area contributed by atoms with E-state index in [4.69, 9.17) is 9.47 Å². The molecule has 0 unspecified atom stereocenters. The fourth-order valence-corrected chi connectivity index (χ4v) is 5.12. The van der Waals surface area contributed by atoms with Gasteiger partial charge in [-0.2, -0.15) is 0 Å². The van der Waals surface area contributed by atoms with Crippen LogP contribution in [0.5, 0.6) is 5.88 Å². The third-order valence-electron chi connectivity index (χ3n) is 6.24. The number of rotatable bonds is 10. The number of carboxylic acid groups (broad SMARTS) is 1. The summed E-state index contributed by atoms with van der Waals surface area (Å²) in [5, 5.41) is 9.38. The molecular weight excluding hydrogens is 524 g/mol. The molecule has 0 aliphatic rings. The average Bonchev–Trinajstić information content (AvgIpc) is 3.50. The minimum absolute atomic E-state index is 0.000637. The fraction of sp³-hybridized carbons (Fsp3) is 0.207. The van der Waals surface area contributed by atoms with E-state index in [2.05, 4.69) is 9.97 Å². The quantitative estimate of drug-likeness (QED) is 0.221. The van der Waals surface area contributed by atoms with Gasteiger partial charge in [0.05, 0.1) is 28.9 Å². The van der Waals surface area contributed by atoms with Gasteiger partial charge < -0.3 is 19.1 Å². The highest BCUT2D eigenvalue weighted by Gasteiger charge is 2.18. The molecule has 0 aliphatic carbocycles. The molecule has 3 aromatic heterocycles. The maximum absolute atomic E-state index is 15.3. The summed E-state index contributed by atoms with van der Waals surface area (Å²) in [6, 6.07) is 15.8. The Hall–Kier alpha value is -4.15. The number of aromatic carboxylic acids is 1. The maximum Gasteiger partial charge on any atom is 0.335 e. The van der Waals surface area contributed by atoms with Crippen molar-refractivity contribution in [2.75, 3.05) is 13.7 Å². The molecule has 0 amide bonds. The molecule has 0 saturated carbocycles. The Balaban J connectivity index is 1.42. The summed E-state index contributed by atoms with van der Waals surface area (Å²) in [7, 11) is 1.55. The Kier molecular flexibility index (Phi) is 7.67. The van der Waals surface area contributed by atoms with Crippen molar-refractivity contribution in [1.82, 2.24) is 14.5 Å². The first-order chi connectivity index (χ1) is 18.8. The van der Waals surface area contributed by atoms with E-state index in [0.717, 1.165) is 17.0 Å². The number of benzene rings is 2. The number of hydrogen-bond acceptors (Lipinski definition) is 6. The first kappa shape index (κ1) is 26.5. The van der Waals surface area contributed by atoms with Crippen molar-refractivity contribution in [3.8, 4) is 17.1 Å². The molecule has 200 valence electrons. The third-order valence-corrected chi connectivity index (χ3v) is 7.21. The molecular formula is C29H25F2N3O4S. The van der Waals surface area contributed by atoms with Gasteiger partial charge >= 0.3 is 5.97 Å². The molecule has 0 spiro atoms. The normalized spacial score (nSPS) is 11.3. The summed E-state index contributed by atoms with van der Waals surface area (Å²) in [4.78, 5) is 22.6. The average molecular weight is 550 g/mol. The zero-order valence-electron chi connectivity index (χ0n) is 21.3. The highest BCUT2D eigenvalue weighted by molar-refractivity contribution is 7.11. The molecule has 5 rings (SSSR count). The summed E-state index contributed by atoms with van der Waals surface area (Å²) >= 11 is 1.62. The molecule has 0 radical (unpaired) electrons. The molecule has 2 aromatic carbocycles. The summed E-state index contributed by atoms with van der Waals surface area (Å²) < 4.78 is 43.3. The van der Waals surface area contributed by atoms with Gasteiger partial charge in [-0.15, -0.1) is 11.3 Å². The molecule has 0 saturated heterocycles. The minimum atomic E-state index is -1.06. The van der Waals surface area contributed by atoms with Crippen molar-refractivity contribution in [1.29, 1.82) is 0 Å². The van der Waals surface area contributed by atoms with Crippen molar-refractivity contribution in [2.24, 2.45) is 0 Å². The predicted molar refractivity (Wildman–Crippen MR) is 144 cm³/mol. The molecule has 10 heteroatoms. The topological polar surface area (TPSA) is 86.5 Å². The molecule has 0 aliphatic heterocycles. The van der Waals surface area contributed by atoms with E-state index in [0.29, 0.717) is 42.5 Å². The van der Waals surface area contributed by atoms with E-state index in [1.807, 2.05) is 19.1 Å². The minimum Gasteiger partial charge on any atom is -0.478 e. The Morgan fingerprint density at radius 1 is 1.05 bits per heavy atom. The highest BCUT2D eigenvalue weighted by Crippen LogP contribution is 2.28. The monoisotopic (exact) mass is 549 g/mol.